The number of allylic oxidation sites excluding steroid dienone is 18. The second-order valence-corrected chi connectivity index (χ2v) is 25.6. The van der Waals surface area contributed by atoms with Crippen molar-refractivity contribution in [3.63, 3.8) is 0 Å². The molecule has 20 unspecified atom stereocenters. The molecule has 1 aromatic carbocycles. The average Bonchev–Trinajstić information content (AvgIpc) is 1.34. The molecule has 1 aliphatic heterocycles. The van der Waals surface area contributed by atoms with Crippen LogP contribution in [-0.4, -0.2) is 211 Å². The molecule has 0 saturated carbocycles. The lowest BCUT2D eigenvalue weighted by atomic mass is 9.88. The van der Waals surface area contributed by atoms with Crippen LogP contribution in [-0.2, 0) is 23.9 Å². The van der Waals surface area contributed by atoms with Gasteiger partial charge in [0.05, 0.1) is 79.4 Å². The van der Waals surface area contributed by atoms with E-state index in [1.165, 1.54) is 37.3 Å². The molecule has 550 valence electrons. The van der Waals surface area contributed by atoms with Gasteiger partial charge in [-0.2, -0.15) is 0 Å². The molecular formula is C77H112N2O20. The van der Waals surface area contributed by atoms with Crippen molar-refractivity contribution in [3.8, 4) is 0 Å². The Bertz CT molecular complexity index is 2910. The van der Waals surface area contributed by atoms with Crippen molar-refractivity contribution in [2.24, 2.45) is 22.7 Å². The molecule has 1 saturated heterocycles. The largest absolute Gasteiger partial charge is 0.510 e. The summed E-state index contributed by atoms with van der Waals surface area (Å²) in [6.07, 6.45) is 25.4. The Morgan fingerprint density at radius 1 is 0.586 bits per heavy atom. The Hall–Kier alpha value is -6.52. The van der Waals surface area contributed by atoms with Crippen LogP contribution in [0.2, 0.25) is 0 Å². The Balaban J connectivity index is 1.37. The Labute approximate surface area is 583 Å². The van der Waals surface area contributed by atoms with Gasteiger partial charge in [-0.25, -0.2) is 0 Å². The predicted molar refractivity (Wildman–Crippen MR) is 381 cm³/mol. The van der Waals surface area contributed by atoms with Gasteiger partial charge >= 0.3 is 0 Å². The van der Waals surface area contributed by atoms with Gasteiger partial charge in [0.15, 0.2) is 12.1 Å². The van der Waals surface area contributed by atoms with Crippen molar-refractivity contribution in [1.82, 2.24) is 5.32 Å². The van der Waals surface area contributed by atoms with Gasteiger partial charge in [-0.05, 0) is 83.1 Å². The number of aliphatic hydroxyl groups is 15. The highest BCUT2D eigenvalue weighted by Crippen LogP contribution is 2.28. The molecule has 99 heavy (non-hydrogen) atoms. The summed E-state index contributed by atoms with van der Waals surface area (Å²) in [4.78, 5) is 41.6. The monoisotopic (exact) mass is 1380 g/mol. The van der Waals surface area contributed by atoms with Crippen LogP contribution in [0, 0.1) is 17.8 Å². The molecular weight excluding hydrogens is 1270 g/mol. The maximum Gasteiger partial charge on any atom is 0.248 e. The van der Waals surface area contributed by atoms with Gasteiger partial charge in [-0.3, -0.25) is 19.4 Å². The number of benzene rings is 1. The first-order valence-corrected chi connectivity index (χ1v) is 34.4. The number of hydrogen-bond acceptors (Lipinski definition) is 21. The van der Waals surface area contributed by atoms with E-state index in [9.17, 15) is 91.0 Å². The lowest BCUT2D eigenvalue weighted by Crippen LogP contribution is -2.58. The molecule has 0 radical (unpaired) electrons. The number of nitrogens with zero attached hydrogens (tertiary/aromatic N) is 1. The molecule has 22 nitrogen and oxygen atoms in total. The zero-order chi connectivity index (χ0) is 73.1. The lowest BCUT2D eigenvalue weighted by Gasteiger charge is -2.41. The van der Waals surface area contributed by atoms with E-state index in [1.54, 1.807) is 105 Å². The normalized spacial score (nSPS) is 23.3. The first kappa shape index (κ1) is 86.7. The number of ether oxygens (including phenoxy) is 2. The van der Waals surface area contributed by atoms with Gasteiger partial charge in [-0.15, -0.1) is 0 Å². The first-order valence-electron chi connectivity index (χ1n) is 34.4. The summed E-state index contributed by atoms with van der Waals surface area (Å²) in [5.74, 6) is -2.91. The molecule has 1 heterocycles. The van der Waals surface area contributed by atoms with Crippen molar-refractivity contribution >= 4 is 23.7 Å². The number of rotatable bonds is 48. The Morgan fingerprint density at radius 3 is 1.73 bits per heavy atom. The number of ketones is 2. The van der Waals surface area contributed by atoms with Crippen molar-refractivity contribution in [3.05, 3.63) is 193 Å². The van der Waals surface area contributed by atoms with Crippen LogP contribution in [0.25, 0.3) is 0 Å². The van der Waals surface area contributed by atoms with E-state index in [2.05, 4.69) is 10.3 Å². The highest BCUT2D eigenvalue weighted by atomic mass is 16.7. The maximum atomic E-state index is 13.6. The van der Waals surface area contributed by atoms with Gasteiger partial charge in [0.25, 0.3) is 0 Å². The summed E-state index contributed by atoms with van der Waals surface area (Å²) in [5.41, 5.74) is 0.950. The summed E-state index contributed by atoms with van der Waals surface area (Å²) in [5, 5.41) is 160. The molecule has 0 aromatic heterocycles. The zero-order valence-electron chi connectivity index (χ0n) is 57.6. The molecule has 2 aliphatic rings. The second-order valence-electron chi connectivity index (χ2n) is 25.6. The fraction of sp³-hybridized carbons (Fsp3) is 0.532. The van der Waals surface area contributed by atoms with Gasteiger partial charge in [-0.1, -0.05) is 191 Å². The van der Waals surface area contributed by atoms with Crippen molar-refractivity contribution in [2.45, 2.75) is 234 Å². The Kier molecular flexibility index (Phi) is 43.7. The van der Waals surface area contributed by atoms with E-state index in [0.717, 1.165) is 18.4 Å². The fourth-order valence-electron chi connectivity index (χ4n) is 10.7. The smallest absolute Gasteiger partial charge is 0.248 e. The number of carbonyl (C=O) groups excluding carboxylic acids is 3. The van der Waals surface area contributed by atoms with E-state index in [1.807, 2.05) is 67.6 Å². The van der Waals surface area contributed by atoms with E-state index in [-0.39, 0.29) is 93.8 Å². The number of hydrogen-bond donors (Lipinski definition) is 16. The third kappa shape index (κ3) is 37.6. The number of aliphatic imine (C=N–C) groups is 1. The minimum Gasteiger partial charge on any atom is -0.510 e. The molecule has 22 heteroatoms. The standard InChI is InChI=1S/C77H112N2O20/c1-52(30-21-16-12-8-5-6-11-15-19-26-40-71(93)79-72-67(90)41-42-68(72)91)73(94)54(3)66(89)38-24-17-13-9-7-10-14-18-25-39-70(99-77-76(97)75(96)74(95)55(4)98-77)53(2)69(92)50-65(88)49-64(87)47-60(83)36-28-35-59(82)46-63(86)48-62(85)45-58(81)34-27-33-57(80)44-61(84)37-29-43-78-51-56-31-22-20-23-32-56/h5-11,13-15,17-28,30-32,34,36,38,40,51-55,57-66,70,73-77,80-90,94-97H,12,16,29,33,35,37,39,41-50H2,1-4H3,(H,79,93)/b8-5+,9-7+,11-6+,14-10+,17-13+,19-15+,25-18+,30-21+,34-27+,36-28+,38-24+,40-26+,78-51?. The predicted octanol–water partition coefficient (Wildman–Crippen LogP) is 6.15. The number of Topliss-reactive ketones (excluding diaryl/α,β-unsaturated/α-hetero) is 2. The quantitative estimate of drug-likeness (QED) is 0.0114. The number of aliphatic hydroxyl groups excluding tert-OH is 15. The summed E-state index contributed by atoms with van der Waals surface area (Å²) < 4.78 is 11.7. The van der Waals surface area contributed by atoms with Crippen molar-refractivity contribution in [2.75, 3.05) is 6.54 Å². The minimum absolute atomic E-state index is 0.0167. The second kappa shape index (κ2) is 49.9. The Morgan fingerprint density at radius 2 is 1.12 bits per heavy atom. The topological polar surface area (TPSA) is 398 Å². The van der Waals surface area contributed by atoms with E-state index >= 15 is 0 Å². The van der Waals surface area contributed by atoms with Crippen LogP contribution < -0.4 is 5.32 Å². The van der Waals surface area contributed by atoms with Gasteiger partial charge in [0.1, 0.15) is 35.6 Å². The molecule has 1 fully saturated rings. The van der Waals surface area contributed by atoms with Gasteiger partial charge in [0, 0.05) is 68.7 Å². The number of carbonyl (C=O) groups is 3. The summed E-state index contributed by atoms with van der Waals surface area (Å²) in [6.45, 7) is 7.27. The van der Waals surface area contributed by atoms with Crippen molar-refractivity contribution < 1.29 is 100 Å². The van der Waals surface area contributed by atoms with Crippen LogP contribution >= 0.6 is 0 Å². The molecule has 0 spiro atoms. The molecule has 1 aromatic rings. The zero-order valence-corrected chi connectivity index (χ0v) is 57.6. The van der Waals surface area contributed by atoms with E-state index in [0.29, 0.717) is 19.4 Å². The fourth-order valence-corrected chi connectivity index (χ4v) is 10.7. The van der Waals surface area contributed by atoms with Crippen LogP contribution in [0.5, 0.6) is 0 Å². The SMILES string of the molecule is CC(/C=C/CC/C=C/C=C/C=C/C=C/C(=O)NC1=C(O)CCC1=O)C(O)C(C)C(O)/C=C/C=C/C=C/C=C/C=C/CC(OC1OC(C)C(O)C(O)C1O)C(C)C(=O)CC(O)CC(O)CC(O)/C=C/CC(O)CC(O)CC(O)CC(O)/C=C/CC(O)CC(O)CCCN=Cc1ccccc1. The molecule has 20 atom stereocenters. The summed E-state index contributed by atoms with van der Waals surface area (Å²) in [6, 6.07) is 9.67. The minimum atomic E-state index is -1.65. The molecule has 3 rings (SSSR count). The number of unbranched alkanes of at least 4 members (excludes halogenated alkanes) is 1. The van der Waals surface area contributed by atoms with Crippen molar-refractivity contribution in [1.29, 1.82) is 0 Å². The van der Waals surface area contributed by atoms with E-state index < -0.39 is 134 Å². The summed E-state index contributed by atoms with van der Waals surface area (Å²) in [7, 11) is 0. The molecule has 16 N–H and O–H groups in total. The molecule has 1 aliphatic carbocycles. The lowest BCUT2D eigenvalue weighted by molar-refractivity contribution is -0.306. The summed E-state index contributed by atoms with van der Waals surface area (Å²) >= 11 is 0. The van der Waals surface area contributed by atoms with Gasteiger partial charge in [0.2, 0.25) is 5.91 Å². The number of nitrogens with one attached hydrogen (secondary N) is 1. The van der Waals surface area contributed by atoms with Crippen LogP contribution in [0.15, 0.2) is 193 Å². The van der Waals surface area contributed by atoms with Crippen LogP contribution in [0.3, 0.4) is 0 Å². The third-order valence-corrected chi connectivity index (χ3v) is 16.7. The molecule has 1 amide bonds. The maximum absolute atomic E-state index is 13.6. The first-order chi connectivity index (χ1) is 47.2. The highest BCUT2D eigenvalue weighted by Gasteiger charge is 2.44. The third-order valence-electron chi connectivity index (χ3n) is 16.7. The van der Waals surface area contributed by atoms with Gasteiger partial charge < -0.3 is 91.4 Å². The molecule has 0 bridgehead atoms. The van der Waals surface area contributed by atoms with Crippen LogP contribution in [0.1, 0.15) is 136 Å². The van der Waals surface area contributed by atoms with E-state index in [4.69, 9.17) is 9.47 Å². The number of amides is 1. The van der Waals surface area contributed by atoms with Crippen LogP contribution in [0.4, 0.5) is 0 Å². The average molecular weight is 1390 g/mol. The highest BCUT2D eigenvalue weighted by molar-refractivity contribution is 6.03.